The molecule has 102 valence electrons. The molecule has 0 aliphatic heterocycles. The van der Waals surface area contributed by atoms with E-state index in [0.717, 1.165) is 13.2 Å². The molecule has 0 saturated carbocycles. The van der Waals surface area contributed by atoms with E-state index in [4.69, 9.17) is 38.3 Å². The van der Waals surface area contributed by atoms with Crippen LogP contribution in [0, 0.1) is 0 Å². The van der Waals surface area contributed by atoms with E-state index < -0.39 is 15.0 Å². The van der Waals surface area contributed by atoms with Gasteiger partial charge in [-0.3, -0.25) is 0 Å². The van der Waals surface area contributed by atoms with E-state index in [-0.39, 0.29) is 31.7 Å². The Labute approximate surface area is 122 Å². The summed E-state index contributed by atoms with van der Waals surface area (Å²) in [5.41, 5.74) is -0.0474. The zero-order valence-electron chi connectivity index (χ0n) is 9.24. The number of ether oxygens (including phenoxy) is 1. The van der Waals surface area contributed by atoms with Gasteiger partial charge in [0, 0.05) is 22.1 Å². The molecule has 0 radical (unpaired) electrons. The minimum atomic E-state index is -4.07. The van der Waals surface area contributed by atoms with Crippen molar-refractivity contribution in [3.8, 4) is 0 Å². The molecule has 0 spiro atoms. The number of carbonyl (C=O) groups excluding carboxylic acids is 1. The van der Waals surface area contributed by atoms with Crippen LogP contribution in [0.2, 0.25) is 10.0 Å². The zero-order valence-corrected chi connectivity index (χ0v) is 12.3. The highest BCUT2D eigenvalue weighted by Crippen LogP contribution is 2.38. The Kier molecular flexibility index (Phi) is 3.70. The summed E-state index contributed by atoms with van der Waals surface area (Å²) in [7, 11) is 2.38. The van der Waals surface area contributed by atoms with Crippen LogP contribution in [0.5, 0.6) is 0 Å². The predicted molar refractivity (Wildman–Crippen MR) is 70.6 cm³/mol. The van der Waals surface area contributed by atoms with Gasteiger partial charge in [-0.15, -0.1) is 0 Å². The number of fused-ring (bicyclic) bond motifs is 1. The predicted octanol–water partition coefficient (Wildman–Crippen LogP) is 3.45. The highest BCUT2D eigenvalue weighted by Gasteiger charge is 2.24. The van der Waals surface area contributed by atoms with Crippen molar-refractivity contribution < 1.29 is 22.4 Å². The molecule has 2 rings (SSSR count). The molecule has 0 atom stereocenters. The highest BCUT2D eigenvalue weighted by molar-refractivity contribution is 8.14. The fourth-order valence-electron chi connectivity index (χ4n) is 1.50. The van der Waals surface area contributed by atoms with Gasteiger partial charge in [0.15, 0.2) is 5.58 Å². The van der Waals surface area contributed by atoms with Crippen LogP contribution in [0.15, 0.2) is 21.4 Å². The standard InChI is InChI=1S/C10H5Cl3O5S/c1-17-10(14)6-2-4-7(19(13,15)16)3-5(11)8(12)9(4)18-6/h2-3H,1H3. The number of esters is 1. The molecule has 0 aliphatic carbocycles. The van der Waals surface area contributed by atoms with Gasteiger partial charge in [-0.05, 0) is 6.07 Å². The molecule has 0 unspecified atom stereocenters. The van der Waals surface area contributed by atoms with E-state index in [1.165, 1.54) is 6.07 Å². The molecule has 1 aromatic carbocycles. The van der Waals surface area contributed by atoms with Crippen molar-refractivity contribution in [1.82, 2.24) is 0 Å². The molecular weight excluding hydrogens is 339 g/mol. The van der Waals surface area contributed by atoms with E-state index in [1.54, 1.807) is 0 Å². The van der Waals surface area contributed by atoms with Gasteiger partial charge in [0.25, 0.3) is 9.05 Å². The Bertz CT molecular complexity index is 778. The summed E-state index contributed by atoms with van der Waals surface area (Å²) >= 11 is 11.7. The summed E-state index contributed by atoms with van der Waals surface area (Å²) in [6, 6.07) is 2.27. The Morgan fingerprint density at radius 2 is 1.95 bits per heavy atom. The number of hydrogen-bond acceptors (Lipinski definition) is 5. The Balaban J connectivity index is 2.89. The van der Waals surface area contributed by atoms with Crippen molar-refractivity contribution in [2.45, 2.75) is 4.90 Å². The molecule has 2 aromatic rings. The second-order valence-corrected chi connectivity index (χ2v) is 6.77. The maximum atomic E-state index is 11.5. The number of hydrogen-bond donors (Lipinski definition) is 0. The first kappa shape index (κ1) is 14.5. The van der Waals surface area contributed by atoms with E-state index in [1.807, 2.05) is 0 Å². The van der Waals surface area contributed by atoms with Gasteiger partial charge < -0.3 is 9.15 Å². The van der Waals surface area contributed by atoms with Crippen LogP contribution in [-0.4, -0.2) is 21.5 Å². The smallest absolute Gasteiger partial charge is 0.373 e. The van der Waals surface area contributed by atoms with Crippen molar-refractivity contribution >= 4 is 59.9 Å². The third-order valence-corrected chi connectivity index (χ3v) is 4.45. The second-order valence-electron chi connectivity index (χ2n) is 3.45. The van der Waals surface area contributed by atoms with Crippen LogP contribution >= 0.6 is 33.9 Å². The molecule has 1 heterocycles. The first-order valence-corrected chi connectivity index (χ1v) is 7.76. The van der Waals surface area contributed by atoms with Crippen LogP contribution in [-0.2, 0) is 13.8 Å². The number of carbonyl (C=O) groups is 1. The number of halogens is 3. The second kappa shape index (κ2) is 4.86. The fraction of sp³-hybridized carbons (Fsp3) is 0.100. The van der Waals surface area contributed by atoms with Gasteiger partial charge in [-0.2, -0.15) is 0 Å². The van der Waals surface area contributed by atoms with Gasteiger partial charge in [0.2, 0.25) is 5.76 Å². The minimum absolute atomic E-state index is 0.0177. The number of rotatable bonds is 2. The van der Waals surface area contributed by atoms with Crippen LogP contribution in [0.3, 0.4) is 0 Å². The monoisotopic (exact) mass is 342 g/mol. The quantitative estimate of drug-likeness (QED) is 0.617. The maximum Gasteiger partial charge on any atom is 0.373 e. The molecule has 0 saturated heterocycles. The van der Waals surface area contributed by atoms with Crippen LogP contribution in [0.25, 0.3) is 11.0 Å². The Morgan fingerprint density at radius 3 is 2.47 bits per heavy atom. The lowest BCUT2D eigenvalue weighted by molar-refractivity contribution is 0.0567. The topological polar surface area (TPSA) is 73.6 Å². The molecule has 0 fully saturated rings. The van der Waals surface area contributed by atoms with E-state index in [2.05, 4.69) is 4.74 Å². The summed E-state index contributed by atoms with van der Waals surface area (Å²) in [5.74, 6) is -0.982. The van der Waals surface area contributed by atoms with Gasteiger partial charge in [-0.25, -0.2) is 13.2 Å². The third-order valence-electron chi connectivity index (χ3n) is 2.31. The average molecular weight is 344 g/mol. The largest absolute Gasteiger partial charge is 0.463 e. The third kappa shape index (κ3) is 2.53. The number of furan rings is 1. The van der Waals surface area contributed by atoms with Crippen LogP contribution in [0.4, 0.5) is 0 Å². The normalized spacial score (nSPS) is 11.8. The van der Waals surface area contributed by atoms with E-state index in [0.29, 0.717) is 0 Å². The van der Waals surface area contributed by atoms with Gasteiger partial charge in [-0.1, -0.05) is 23.2 Å². The number of benzene rings is 1. The minimum Gasteiger partial charge on any atom is -0.463 e. The van der Waals surface area contributed by atoms with Crippen molar-refractivity contribution in [1.29, 1.82) is 0 Å². The molecule has 0 bridgehead atoms. The summed E-state index contributed by atoms with van der Waals surface area (Å²) in [6.07, 6.45) is 0. The Morgan fingerprint density at radius 1 is 1.32 bits per heavy atom. The molecular formula is C10H5Cl3O5S. The average Bonchev–Trinajstić information content (AvgIpc) is 2.76. The van der Waals surface area contributed by atoms with E-state index >= 15 is 0 Å². The van der Waals surface area contributed by atoms with Gasteiger partial charge in [0.1, 0.15) is 5.02 Å². The maximum absolute atomic E-state index is 11.5. The molecule has 0 N–H and O–H groups in total. The van der Waals surface area contributed by atoms with E-state index in [9.17, 15) is 13.2 Å². The van der Waals surface area contributed by atoms with Crippen LogP contribution < -0.4 is 0 Å². The van der Waals surface area contributed by atoms with Crippen LogP contribution in [0.1, 0.15) is 10.6 Å². The Hall–Kier alpha value is -0.950. The fourth-order valence-corrected chi connectivity index (χ4v) is 3.02. The summed E-state index contributed by atoms with van der Waals surface area (Å²) in [6.45, 7) is 0. The zero-order chi connectivity index (χ0) is 14.4. The first-order valence-electron chi connectivity index (χ1n) is 4.70. The lowest BCUT2D eigenvalue weighted by atomic mass is 10.2. The molecule has 5 nitrogen and oxygen atoms in total. The molecule has 1 aromatic heterocycles. The van der Waals surface area contributed by atoms with Crippen molar-refractivity contribution in [2.24, 2.45) is 0 Å². The number of methoxy groups -OCH3 is 1. The van der Waals surface area contributed by atoms with Gasteiger partial charge >= 0.3 is 5.97 Å². The molecule has 19 heavy (non-hydrogen) atoms. The van der Waals surface area contributed by atoms with Crippen molar-refractivity contribution in [3.05, 3.63) is 27.9 Å². The lowest BCUT2D eigenvalue weighted by Gasteiger charge is -2.01. The summed E-state index contributed by atoms with van der Waals surface area (Å²) in [4.78, 5) is 11.1. The van der Waals surface area contributed by atoms with Crippen molar-refractivity contribution in [3.63, 3.8) is 0 Å². The molecule has 0 amide bonds. The summed E-state index contributed by atoms with van der Waals surface area (Å²) in [5, 5.41) is -0.0140. The van der Waals surface area contributed by atoms with Crippen molar-refractivity contribution in [2.75, 3.05) is 7.11 Å². The summed E-state index contributed by atoms with van der Waals surface area (Å²) < 4.78 is 32.6. The molecule has 9 heteroatoms. The highest BCUT2D eigenvalue weighted by atomic mass is 35.7. The first-order chi connectivity index (χ1) is 8.75. The lowest BCUT2D eigenvalue weighted by Crippen LogP contribution is -1.98. The SMILES string of the molecule is COC(=O)c1cc2c(S(=O)(=O)Cl)cc(Cl)c(Cl)c2o1. The molecule has 0 aliphatic rings. The van der Waals surface area contributed by atoms with Gasteiger partial charge in [0.05, 0.1) is 17.0 Å².